The summed E-state index contributed by atoms with van der Waals surface area (Å²) in [6, 6.07) is 2.03. The van der Waals surface area contributed by atoms with Crippen molar-refractivity contribution in [2.75, 3.05) is 19.4 Å². The molecule has 0 N–H and O–H groups in total. The minimum absolute atomic E-state index is 0.207. The second kappa shape index (κ2) is 7.64. The number of allylic oxidation sites excluding steroid dienone is 2. The van der Waals surface area contributed by atoms with E-state index < -0.39 is 7.60 Å². The first-order valence-corrected chi connectivity index (χ1v) is 6.73. The first kappa shape index (κ1) is 14.4. The Morgan fingerprint density at radius 1 is 1.40 bits per heavy atom. The van der Waals surface area contributed by atoms with E-state index in [4.69, 9.17) is 14.3 Å². The summed E-state index contributed by atoms with van der Waals surface area (Å²) in [6.45, 7) is 6.05. The second-order valence-corrected chi connectivity index (χ2v) is 4.94. The molecule has 0 amide bonds. The molecule has 0 aliphatic carbocycles. The van der Waals surface area contributed by atoms with Gasteiger partial charge < -0.3 is 9.05 Å². The molecule has 0 aromatic heterocycles. The predicted octanol–water partition coefficient (Wildman–Crippen LogP) is 3.11. The lowest BCUT2D eigenvalue weighted by atomic mass is 10.2. The highest BCUT2D eigenvalue weighted by molar-refractivity contribution is 7.54. The summed E-state index contributed by atoms with van der Waals surface area (Å²) in [7, 11) is -3.04. The maximum atomic E-state index is 12.1. The lowest BCUT2D eigenvalue weighted by Crippen LogP contribution is -2.02. The molecule has 4 nitrogen and oxygen atoms in total. The highest BCUT2D eigenvalue weighted by atomic mass is 31.2. The number of nitrogens with zero attached hydrogens (tertiary/aromatic N) is 1. The van der Waals surface area contributed by atoms with E-state index in [1.807, 2.05) is 13.0 Å². The summed E-state index contributed by atoms with van der Waals surface area (Å²) in [5.41, 5.74) is 0.794. The molecule has 0 bridgehead atoms. The van der Waals surface area contributed by atoms with Gasteiger partial charge in [0.05, 0.1) is 31.9 Å². The van der Waals surface area contributed by atoms with Crippen LogP contribution in [0.3, 0.4) is 0 Å². The molecule has 15 heavy (non-hydrogen) atoms. The summed E-state index contributed by atoms with van der Waals surface area (Å²) < 4.78 is 22.3. The van der Waals surface area contributed by atoms with Crippen molar-refractivity contribution in [1.29, 1.82) is 5.26 Å². The minimum Gasteiger partial charge on any atom is -0.309 e. The fourth-order valence-electron chi connectivity index (χ4n) is 1.12. The third kappa shape index (κ3) is 5.74. The maximum absolute atomic E-state index is 12.1. The van der Waals surface area contributed by atoms with Gasteiger partial charge >= 0.3 is 7.60 Å². The van der Waals surface area contributed by atoms with Crippen molar-refractivity contribution < 1.29 is 13.6 Å². The van der Waals surface area contributed by atoms with Crippen LogP contribution in [0, 0.1) is 11.3 Å². The zero-order valence-electron chi connectivity index (χ0n) is 9.52. The van der Waals surface area contributed by atoms with Crippen molar-refractivity contribution in [3.05, 3.63) is 11.6 Å². The molecule has 0 fully saturated rings. The standard InChI is InChI=1S/C10H18NO3P/c1-4-10(7-8-11)9-15(12,13-5-2)14-6-3/h4H,5-7,9H2,1-3H3. The maximum Gasteiger partial charge on any atom is 0.334 e. The molecule has 0 aliphatic rings. The summed E-state index contributed by atoms with van der Waals surface area (Å²) in [5.74, 6) is 0. The first-order valence-electron chi connectivity index (χ1n) is 5.01. The molecule has 0 atom stereocenters. The van der Waals surface area contributed by atoms with Crippen molar-refractivity contribution >= 4 is 7.60 Å². The lowest BCUT2D eigenvalue weighted by molar-refractivity contribution is 0.222. The molecule has 0 rings (SSSR count). The van der Waals surface area contributed by atoms with E-state index in [1.165, 1.54) is 0 Å². The van der Waals surface area contributed by atoms with Gasteiger partial charge in [0, 0.05) is 0 Å². The highest BCUT2D eigenvalue weighted by Gasteiger charge is 2.24. The molecular weight excluding hydrogens is 213 g/mol. The number of hydrogen-bond acceptors (Lipinski definition) is 4. The zero-order chi connectivity index (χ0) is 11.7. The number of hydrogen-bond donors (Lipinski definition) is 0. The molecule has 0 aromatic carbocycles. The Balaban J connectivity index is 4.53. The second-order valence-electron chi connectivity index (χ2n) is 2.89. The van der Waals surface area contributed by atoms with Crippen molar-refractivity contribution in [2.45, 2.75) is 27.2 Å². The largest absolute Gasteiger partial charge is 0.334 e. The van der Waals surface area contributed by atoms with Gasteiger partial charge in [-0.1, -0.05) is 6.08 Å². The fourth-order valence-corrected chi connectivity index (χ4v) is 2.96. The van der Waals surface area contributed by atoms with E-state index in [-0.39, 0.29) is 12.6 Å². The summed E-state index contributed by atoms with van der Waals surface area (Å²) in [6.07, 6.45) is 2.26. The van der Waals surface area contributed by atoms with Gasteiger partial charge in [-0.2, -0.15) is 5.26 Å². The van der Waals surface area contributed by atoms with Crippen LogP contribution in [0.1, 0.15) is 27.2 Å². The van der Waals surface area contributed by atoms with Gasteiger partial charge in [0.15, 0.2) is 0 Å². The Labute approximate surface area is 91.4 Å². The lowest BCUT2D eigenvalue weighted by Gasteiger charge is -2.17. The summed E-state index contributed by atoms with van der Waals surface area (Å²) >= 11 is 0. The predicted molar refractivity (Wildman–Crippen MR) is 59.7 cm³/mol. The van der Waals surface area contributed by atoms with E-state index in [9.17, 15) is 4.57 Å². The zero-order valence-corrected chi connectivity index (χ0v) is 10.4. The van der Waals surface area contributed by atoms with E-state index in [2.05, 4.69) is 0 Å². The van der Waals surface area contributed by atoms with Crippen molar-refractivity contribution in [2.24, 2.45) is 0 Å². The highest BCUT2D eigenvalue weighted by Crippen LogP contribution is 2.49. The average molecular weight is 231 g/mol. The molecule has 0 unspecified atom stereocenters. The van der Waals surface area contributed by atoms with Gasteiger partial charge in [-0.25, -0.2) is 0 Å². The molecule has 0 saturated heterocycles. The Kier molecular flexibility index (Phi) is 7.33. The molecule has 0 saturated carbocycles. The smallest absolute Gasteiger partial charge is 0.309 e. The van der Waals surface area contributed by atoms with Crippen LogP contribution >= 0.6 is 7.60 Å². The van der Waals surface area contributed by atoms with Crippen LogP contribution in [-0.4, -0.2) is 19.4 Å². The average Bonchev–Trinajstić information content (AvgIpc) is 2.17. The van der Waals surface area contributed by atoms with Gasteiger partial charge in [0.1, 0.15) is 0 Å². The van der Waals surface area contributed by atoms with Crippen LogP contribution in [-0.2, 0) is 13.6 Å². The Morgan fingerprint density at radius 3 is 2.27 bits per heavy atom. The van der Waals surface area contributed by atoms with Crippen molar-refractivity contribution in [1.82, 2.24) is 0 Å². The summed E-state index contributed by atoms with van der Waals surface area (Å²) in [4.78, 5) is 0. The van der Waals surface area contributed by atoms with Crippen LogP contribution in [0.25, 0.3) is 0 Å². The molecule has 0 spiro atoms. The number of nitriles is 1. The Morgan fingerprint density at radius 2 is 1.93 bits per heavy atom. The van der Waals surface area contributed by atoms with Crippen LogP contribution in [0.2, 0.25) is 0 Å². The minimum atomic E-state index is -3.04. The van der Waals surface area contributed by atoms with Gasteiger partial charge in [0.2, 0.25) is 0 Å². The van der Waals surface area contributed by atoms with Crippen molar-refractivity contribution in [3.8, 4) is 6.07 Å². The van der Waals surface area contributed by atoms with E-state index in [0.717, 1.165) is 5.57 Å². The molecule has 5 heteroatoms. The quantitative estimate of drug-likeness (QED) is 0.499. The van der Waals surface area contributed by atoms with Crippen LogP contribution in [0.5, 0.6) is 0 Å². The third-order valence-electron chi connectivity index (χ3n) is 1.76. The molecule has 0 aromatic rings. The number of rotatable bonds is 7. The molecular formula is C10H18NO3P. The van der Waals surface area contributed by atoms with Crippen LogP contribution in [0.4, 0.5) is 0 Å². The van der Waals surface area contributed by atoms with Gasteiger partial charge in [0.25, 0.3) is 0 Å². The van der Waals surface area contributed by atoms with E-state index in [0.29, 0.717) is 13.2 Å². The van der Waals surface area contributed by atoms with Crippen LogP contribution < -0.4 is 0 Å². The molecule has 0 heterocycles. The molecule has 0 aliphatic heterocycles. The third-order valence-corrected chi connectivity index (χ3v) is 3.86. The van der Waals surface area contributed by atoms with Gasteiger partial charge in [-0.3, -0.25) is 4.57 Å². The van der Waals surface area contributed by atoms with Gasteiger partial charge in [-0.15, -0.1) is 0 Å². The normalized spacial score (nSPS) is 12.5. The SMILES string of the molecule is CC=C(CC#N)CP(=O)(OCC)OCC. The Bertz CT molecular complexity index is 284. The van der Waals surface area contributed by atoms with E-state index in [1.54, 1.807) is 19.9 Å². The summed E-state index contributed by atoms with van der Waals surface area (Å²) in [5, 5.41) is 8.56. The van der Waals surface area contributed by atoms with E-state index >= 15 is 0 Å². The molecule has 0 radical (unpaired) electrons. The van der Waals surface area contributed by atoms with Crippen molar-refractivity contribution in [3.63, 3.8) is 0 Å². The fraction of sp³-hybridized carbons (Fsp3) is 0.700. The van der Waals surface area contributed by atoms with Crippen LogP contribution in [0.15, 0.2) is 11.6 Å². The first-order chi connectivity index (χ1) is 7.11. The Hall–Kier alpha value is -0.620. The van der Waals surface area contributed by atoms with Gasteiger partial charge in [-0.05, 0) is 26.3 Å². The topological polar surface area (TPSA) is 59.3 Å². The monoisotopic (exact) mass is 231 g/mol. The molecule has 86 valence electrons.